The van der Waals surface area contributed by atoms with E-state index in [2.05, 4.69) is 5.32 Å². The molecule has 0 heterocycles. The fourth-order valence-electron chi connectivity index (χ4n) is 1.52. The number of carbonyl (C=O) groups excluding carboxylic acids is 1. The van der Waals surface area contributed by atoms with Gasteiger partial charge in [0.05, 0.1) is 19.3 Å². The van der Waals surface area contributed by atoms with Crippen LogP contribution in [-0.4, -0.2) is 32.8 Å². The maximum absolute atomic E-state index is 13.5. The van der Waals surface area contributed by atoms with Crippen molar-refractivity contribution in [3.05, 3.63) is 35.4 Å². The summed E-state index contributed by atoms with van der Waals surface area (Å²) in [7, 11) is 1.53. The highest BCUT2D eigenvalue weighted by Crippen LogP contribution is 2.17. The molecule has 0 radical (unpaired) electrons. The molecule has 1 unspecified atom stereocenters. The van der Waals surface area contributed by atoms with Crippen LogP contribution in [0.3, 0.4) is 0 Å². The number of hydrogen-bond donors (Lipinski definition) is 1. The Morgan fingerprint density at radius 1 is 1.37 bits per heavy atom. The van der Waals surface area contributed by atoms with Crippen LogP contribution in [0.15, 0.2) is 18.2 Å². The Balaban J connectivity index is 2.45. The molecule has 0 aliphatic carbocycles. The molecule has 1 aromatic rings. The Bertz CT molecular complexity index is 426. The molecule has 106 valence electrons. The number of rotatable bonds is 7. The molecule has 0 aromatic heterocycles. The molecule has 1 aromatic carbocycles. The van der Waals surface area contributed by atoms with Gasteiger partial charge < -0.3 is 14.8 Å². The number of hydrogen-bond acceptors (Lipinski definition) is 3. The molecule has 1 amide bonds. The van der Waals surface area contributed by atoms with Crippen LogP contribution in [-0.2, 0) is 14.3 Å². The van der Waals surface area contributed by atoms with Gasteiger partial charge >= 0.3 is 0 Å². The third-order valence-electron chi connectivity index (χ3n) is 2.47. The van der Waals surface area contributed by atoms with E-state index in [0.717, 1.165) is 12.1 Å². The van der Waals surface area contributed by atoms with Gasteiger partial charge in [-0.3, -0.25) is 4.79 Å². The van der Waals surface area contributed by atoms with Gasteiger partial charge in [0.1, 0.15) is 18.2 Å². The Morgan fingerprint density at radius 3 is 2.74 bits per heavy atom. The quantitative estimate of drug-likeness (QED) is 0.771. The van der Waals surface area contributed by atoms with Crippen molar-refractivity contribution in [1.82, 2.24) is 5.32 Å². The molecule has 0 saturated heterocycles. The van der Waals surface area contributed by atoms with Crippen molar-refractivity contribution >= 4 is 5.91 Å². The minimum absolute atomic E-state index is 0.128. The van der Waals surface area contributed by atoms with E-state index in [9.17, 15) is 13.6 Å². The zero-order chi connectivity index (χ0) is 14.3. The Labute approximate surface area is 110 Å². The van der Waals surface area contributed by atoms with Gasteiger partial charge in [0.2, 0.25) is 5.91 Å². The highest BCUT2D eigenvalue weighted by atomic mass is 19.1. The van der Waals surface area contributed by atoms with Crippen molar-refractivity contribution in [3.63, 3.8) is 0 Å². The third kappa shape index (κ3) is 5.32. The first-order valence-electron chi connectivity index (χ1n) is 5.85. The fraction of sp³-hybridized carbons (Fsp3) is 0.462. The molecule has 0 aliphatic heterocycles. The van der Waals surface area contributed by atoms with Gasteiger partial charge in [0.25, 0.3) is 0 Å². The van der Waals surface area contributed by atoms with E-state index < -0.39 is 17.7 Å². The van der Waals surface area contributed by atoms with E-state index >= 15 is 0 Å². The largest absolute Gasteiger partial charge is 0.382 e. The molecular weight excluding hydrogens is 256 g/mol. The van der Waals surface area contributed by atoms with Gasteiger partial charge in [-0.25, -0.2) is 8.78 Å². The van der Waals surface area contributed by atoms with E-state index in [1.807, 2.05) is 0 Å². The SMILES string of the molecule is COCCOCC(=O)NC(C)c1ccc(F)cc1F. The molecule has 0 fully saturated rings. The van der Waals surface area contributed by atoms with Crippen LogP contribution in [0.2, 0.25) is 0 Å². The zero-order valence-corrected chi connectivity index (χ0v) is 10.9. The Kier molecular flexibility index (Phi) is 6.38. The topological polar surface area (TPSA) is 47.6 Å². The summed E-state index contributed by atoms with van der Waals surface area (Å²) in [4.78, 5) is 11.5. The van der Waals surface area contributed by atoms with Crippen LogP contribution in [0.5, 0.6) is 0 Å². The average molecular weight is 273 g/mol. The van der Waals surface area contributed by atoms with E-state index in [0.29, 0.717) is 13.2 Å². The molecule has 1 N–H and O–H groups in total. The summed E-state index contributed by atoms with van der Waals surface area (Å²) >= 11 is 0. The van der Waals surface area contributed by atoms with Crippen LogP contribution in [0.25, 0.3) is 0 Å². The molecule has 6 heteroatoms. The number of ether oxygens (including phenoxy) is 2. The Hall–Kier alpha value is -1.53. The number of carbonyl (C=O) groups is 1. The van der Waals surface area contributed by atoms with E-state index in [-0.39, 0.29) is 18.1 Å². The molecule has 1 atom stereocenters. The normalized spacial score (nSPS) is 12.2. The van der Waals surface area contributed by atoms with Crippen molar-refractivity contribution in [1.29, 1.82) is 0 Å². The minimum Gasteiger partial charge on any atom is -0.382 e. The molecule has 0 spiro atoms. The minimum atomic E-state index is -0.687. The van der Waals surface area contributed by atoms with Gasteiger partial charge in [-0.15, -0.1) is 0 Å². The molecule has 0 aliphatic rings. The number of amides is 1. The summed E-state index contributed by atoms with van der Waals surface area (Å²) in [5.41, 5.74) is 0.228. The average Bonchev–Trinajstić information content (AvgIpc) is 2.34. The maximum atomic E-state index is 13.5. The molecular formula is C13H17F2NO3. The van der Waals surface area contributed by atoms with Crippen LogP contribution in [0.1, 0.15) is 18.5 Å². The van der Waals surface area contributed by atoms with Gasteiger partial charge in [-0.2, -0.15) is 0 Å². The second kappa shape index (κ2) is 7.81. The van der Waals surface area contributed by atoms with E-state index in [1.165, 1.54) is 13.2 Å². The highest BCUT2D eigenvalue weighted by Gasteiger charge is 2.14. The lowest BCUT2D eigenvalue weighted by Gasteiger charge is -2.15. The molecule has 19 heavy (non-hydrogen) atoms. The lowest BCUT2D eigenvalue weighted by atomic mass is 10.1. The van der Waals surface area contributed by atoms with Crippen LogP contribution in [0.4, 0.5) is 8.78 Å². The van der Waals surface area contributed by atoms with Crippen molar-refractivity contribution < 1.29 is 23.0 Å². The van der Waals surface area contributed by atoms with Crippen LogP contribution in [0, 0.1) is 11.6 Å². The predicted octanol–water partition coefficient (Wildman–Crippen LogP) is 1.80. The summed E-state index contributed by atoms with van der Waals surface area (Å²) in [6.45, 7) is 2.19. The summed E-state index contributed by atoms with van der Waals surface area (Å²) in [6, 6.07) is 2.68. The summed E-state index contributed by atoms with van der Waals surface area (Å²) in [5, 5.41) is 2.57. The summed E-state index contributed by atoms with van der Waals surface area (Å²) in [6.07, 6.45) is 0. The van der Waals surface area contributed by atoms with Gasteiger partial charge in [0, 0.05) is 18.7 Å². The van der Waals surface area contributed by atoms with Crippen LogP contribution < -0.4 is 5.32 Å². The van der Waals surface area contributed by atoms with Gasteiger partial charge in [-0.1, -0.05) is 6.07 Å². The van der Waals surface area contributed by atoms with Crippen molar-refractivity contribution in [3.8, 4) is 0 Å². The third-order valence-corrected chi connectivity index (χ3v) is 2.47. The number of benzene rings is 1. The number of nitrogens with one attached hydrogen (secondary N) is 1. The molecule has 0 bridgehead atoms. The summed E-state index contributed by atoms with van der Waals surface area (Å²) in [5.74, 6) is -1.71. The number of methoxy groups -OCH3 is 1. The molecule has 0 saturated carbocycles. The lowest BCUT2D eigenvalue weighted by molar-refractivity contribution is -0.126. The smallest absolute Gasteiger partial charge is 0.246 e. The lowest BCUT2D eigenvalue weighted by Crippen LogP contribution is -2.31. The first kappa shape index (κ1) is 15.5. The maximum Gasteiger partial charge on any atom is 0.246 e. The van der Waals surface area contributed by atoms with E-state index in [1.54, 1.807) is 6.92 Å². The predicted molar refractivity (Wildman–Crippen MR) is 65.6 cm³/mol. The zero-order valence-electron chi connectivity index (χ0n) is 10.9. The highest BCUT2D eigenvalue weighted by molar-refractivity contribution is 5.77. The van der Waals surface area contributed by atoms with Crippen molar-refractivity contribution in [2.24, 2.45) is 0 Å². The van der Waals surface area contributed by atoms with Crippen molar-refractivity contribution in [2.45, 2.75) is 13.0 Å². The first-order chi connectivity index (χ1) is 9.04. The Morgan fingerprint density at radius 2 is 2.11 bits per heavy atom. The molecule has 1 rings (SSSR count). The van der Waals surface area contributed by atoms with Gasteiger partial charge in [0.15, 0.2) is 0 Å². The second-order valence-electron chi connectivity index (χ2n) is 4.00. The number of halogens is 2. The van der Waals surface area contributed by atoms with Crippen molar-refractivity contribution in [2.75, 3.05) is 26.9 Å². The fourth-order valence-corrected chi connectivity index (χ4v) is 1.52. The van der Waals surface area contributed by atoms with Crippen LogP contribution >= 0.6 is 0 Å². The molecule has 4 nitrogen and oxygen atoms in total. The monoisotopic (exact) mass is 273 g/mol. The second-order valence-corrected chi connectivity index (χ2v) is 4.00. The first-order valence-corrected chi connectivity index (χ1v) is 5.85. The van der Waals surface area contributed by atoms with E-state index in [4.69, 9.17) is 9.47 Å². The summed E-state index contributed by atoms with van der Waals surface area (Å²) < 4.78 is 36.0. The van der Waals surface area contributed by atoms with Gasteiger partial charge in [-0.05, 0) is 13.0 Å². The standard InChI is InChI=1S/C13H17F2NO3/c1-9(11-4-3-10(14)7-12(11)15)16-13(17)8-19-6-5-18-2/h3-4,7,9H,5-6,8H2,1-2H3,(H,16,17).